The van der Waals surface area contributed by atoms with Crippen molar-refractivity contribution in [1.29, 1.82) is 0 Å². The molecule has 7 heteroatoms. The van der Waals surface area contributed by atoms with E-state index in [4.69, 9.17) is 4.74 Å². The number of nitrogens with zero attached hydrogens (tertiary/aromatic N) is 3. The van der Waals surface area contributed by atoms with Gasteiger partial charge in [-0.25, -0.2) is 4.98 Å². The van der Waals surface area contributed by atoms with Crippen LogP contribution in [-0.4, -0.2) is 28.8 Å². The van der Waals surface area contributed by atoms with E-state index in [0.29, 0.717) is 18.2 Å². The quantitative estimate of drug-likeness (QED) is 0.686. The van der Waals surface area contributed by atoms with E-state index in [1.54, 1.807) is 24.4 Å². The van der Waals surface area contributed by atoms with Crippen LogP contribution in [0.1, 0.15) is 5.56 Å². The van der Waals surface area contributed by atoms with Crippen LogP contribution < -0.4 is 10.1 Å². The second kappa shape index (κ2) is 5.58. The van der Waals surface area contributed by atoms with Crippen molar-refractivity contribution in [3.05, 3.63) is 58.3 Å². The molecule has 0 amide bonds. The van der Waals surface area contributed by atoms with E-state index in [0.717, 1.165) is 17.9 Å². The van der Waals surface area contributed by atoms with Crippen molar-refractivity contribution < 1.29 is 9.66 Å². The highest BCUT2D eigenvalue weighted by Gasteiger charge is 2.15. The van der Waals surface area contributed by atoms with Gasteiger partial charge in [-0.05, 0) is 18.2 Å². The number of aliphatic imine (C=N–C) groups is 1. The average Bonchev–Trinajstić information content (AvgIpc) is 3.02. The first-order chi connectivity index (χ1) is 10.2. The third-order valence-corrected chi connectivity index (χ3v) is 2.94. The van der Waals surface area contributed by atoms with Crippen LogP contribution in [0.5, 0.6) is 11.6 Å². The summed E-state index contributed by atoms with van der Waals surface area (Å²) in [7, 11) is 0. The molecular weight excluding hydrogens is 272 g/mol. The molecule has 1 aliphatic rings. The highest BCUT2D eigenvalue weighted by molar-refractivity contribution is 6.01. The Morgan fingerprint density at radius 1 is 1.29 bits per heavy atom. The lowest BCUT2D eigenvalue weighted by Gasteiger charge is -2.09. The van der Waals surface area contributed by atoms with Crippen LogP contribution in [0.4, 0.5) is 5.69 Å². The first kappa shape index (κ1) is 13.0. The van der Waals surface area contributed by atoms with Gasteiger partial charge in [0, 0.05) is 18.8 Å². The minimum atomic E-state index is -0.463. The number of rotatable bonds is 4. The Morgan fingerprint density at radius 3 is 2.95 bits per heavy atom. The summed E-state index contributed by atoms with van der Waals surface area (Å²) >= 11 is 0. The normalized spacial score (nSPS) is 13.4. The topological polar surface area (TPSA) is 89.7 Å². The molecule has 21 heavy (non-hydrogen) atoms. The largest absolute Gasteiger partial charge is 0.438 e. The van der Waals surface area contributed by atoms with Crippen molar-refractivity contribution in [2.45, 2.75) is 0 Å². The number of pyridine rings is 1. The predicted octanol–water partition coefficient (Wildman–Crippen LogP) is 2.13. The van der Waals surface area contributed by atoms with Crippen LogP contribution in [0.3, 0.4) is 0 Å². The lowest BCUT2D eigenvalue weighted by atomic mass is 10.2. The number of aromatic nitrogens is 1. The molecule has 0 atom stereocenters. The summed E-state index contributed by atoms with van der Waals surface area (Å²) in [5, 5.41) is 13.9. The third kappa shape index (κ3) is 2.81. The minimum Gasteiger partial charge on any atom is -0.438 e. The van der Waals surface area contributed by atoms with Crippen molar-refractivity contribution in [3.63, 3.8) is 0 Å². The van der Waals surface area contributed by atoms with E-state index in [1.165, 1.54) is 12.1 Å². The Bertz CT molecular complexity index is 715. The second-order valence-electron chi connectivity index (χ2n) is 4.37. The zero-order chi connectivity index (χ0) is 14.7. The Labute approximate surface area is 120 Å². The smallest absolute Gasteiger partial charge is 0.273 e. The van der Waals surface area contributed by atoms with Gasteiger partial charge in [-0.2, -0.15) is 0 Å². The van der Waals surface area contributed by atoms with Gasteiger partial charge in [-0.1, -0.05) is 6.07 Å². The molecule has 1 N–H and O–H groups in total. The maximum absolute atomic E-state index is 10.8. The molecule has 1 aromatic carbocycles. The van der Waals surface area contributed by atoms with Gasteiger partial charge in [-0.15, -0.1) is 0 Å². The van der Waals surface area contributed by atoms with Crippen molar-refractivity contribution in [2.24, 2.45) is 4.99 Å². The molecule has 0 aliphatic carbocycles. The second-order valence-corrected chi connectivity index (χ2v) is 4.37. The Hall–Kier alpha value is -2.96. The molecule has 1 aliphatic heterocycles. The van der Waals surface area contributed by atoms with Gasteiger partial charge in [-0.3, -0.25) is 15.1 Å². The first-order valence-corrected chi connectivity index (χ1v) is 6.40. The van der Waals surface area contributed by atoms with Gasteiger partial charge in [0.05, 0.1) is 23.1 Å². The molecule has 1 aromatic heterocycles. The number of nitrogens with one attached hydrogen (secondary N) is 1. The van der Waals surface area contributed by atoms with Gasteiger partial charge >= 0.3 is 0 Å². The predicted molar refractivity (Wildman–Crippen MR) is 76.8 cm³/mol. The SMILES string of the molecule is O=[N+]([O-])c1cccc(Oc2ncccc2C2=NCCN2)c1. The van der Waals surface area contributed by atoms with Crippen LogP contribution >= 0.6 is 0 Å². The third-order valence-electron chi connectivity index (χ3n) is 2.94. The van der Waals surface area contributed by atoms with Gasteiger partial charge < -0.3 is 10.1 Å². The summed E-state index contributed by atoms with van der Waals surface area (Å²) in [6, 6.07) is 9.63. The molecule has 106 valence electrons. The maximum atomic E-state index is 10.8. The number of non-ortho nitro benzene ring substituents is 1. The maximum Gasteiger partial charge on any atom is 0.273 e. The first-order valence-electron chi connectivity index (χ1n) is 6.40. The fourth-order valence-corrected chi connectivity index (χ4v) is 2.00. The summed E-state index contributed by atoms with van der Waals surface area (Å²) in [5.41, 5.74) is 0.711. The van der Waals surface area contributed by atoms with E-state index in [9.17, 15) is 10.1 Å². The summed E-state index contributed by atoms with van der Waals surface area (Å²) < 4.78 is 5.68. The summed E-state index contributed by atoms with van der Waals surface area (Å²) in [6.07, 6.45) is 1.60. The molecule has 3 rings (SSSR count). The zero-order valence-electron chi connectivity index (χ0n) is 11.0. The molecule has 0 unspecified atom stereocenters. The number of ether oxygens (including phenoxy) is 1. The van der Waals surface area contributed by atoms with Crippen molar-refractivity contribution in [3.8, 4) is 11.6 Å². The van der Waals surface area contributed by atoms with Crippen LogP contribution in [0, 0.1) is 10.1 Å². The number of nitro benzene ring substituents is 1. The van der Waals surface area contributed by atoms with E-state index in [2.05, 4.69) is 15.3 Å². The standard InChI is InChI=1S/C14H12N4O3/c19-18(20)10-3-1-4-11(9-10)21-14-12(5-2-6-17-14)13-15-7-8-16-13/h1-6,9H,7-8H2,(H,15,16). The van der Waals surface area contributed by atoms with Gasteiger partial charge in [0.15, 0.2) is 0 Å². The number of nitro groups is 1. The number of benzene rings is 1. The van der Waals surface area contributed by atoms with Crippen molar-refractivity contribution in [2.75, 3.05) is 13.1 Å². The van der Waals surface area contributed by atoms with E-state index in [-0.39, 0.29) is 5.69 Å². The van der Waals surface area contributed by atoms with E-state index in [1.807, 2.05) is 6.07 Å². The molecule has 0 spiro atoms. The molecule has 0 saturated carbocycles. The molecule has 0 saturated heterocycles. The van der Waals surface area contributed by atoms with Crippen LogP contribution in [0.15, 0.2) is 47.6 Å². The van der Waals surface area contributed by atoms with Gasteiger partial charge in [0.25, 0.3) is 5.69 Å². The highest BCUT2D eigenvalue weighted by Crippen LogP contribution is 2.26. The lowest BCUT2D eigenvalue weighted by Crippen LogP contribution is -2.20. The number of hydrogen-bond donors (Lipinski definition) is 1. The van der Waals surface area contributed by atoms with E-state index >= 15 is 0 Å². The monoisotopic (exact) mass is 284 g/mol. The van der Waals surface area contributed by atoms with Crippen molar-refractivity contribution >= 4 is 11.5 Å². The molecular formula is C14H12N4O3. The van der Waals surface area contributed by atoms with Gasteiger partial charge in [0.2, 0.25) is 5.88 Å². The average molecular weight is 284 g/mol. The van der Waals surface area contributed by atoms with E-state index < -0.39 is 4.92 Å². The fourth-order valence-electron chi connectivity index (χ4n) is 2.00. The number of hydrogen-bond acceptors (Lipinski definition) is 6. The fraction of sp³-hybridized carbons (Fsp3) is 0.143. The number of amidine groups is 1. The van der Waals surface area contributed by atoms with Crippen molar-refractivity contribution in [1.82, 2.24) is 10.3 Å². The highest BCUT2D eigenvalue weighted by atomic mass is 16.6. The summed E-state index contributed by atoms with van der Waals surface area (Å²) in [4.78, 5) is 18.8. The van der Waals surface area contributed by atoms with Crippen LogP contribution in [0.2, 0.25) is 0 Å². The molecule has 2 heterocycles. The molecule has 7 nitrogen and oxygen atoms in total. The molecule has 0 fully saturated rings. The summed E-state index contributed by atoms with van der Waals surface area (Å²) in [6.45, 7) is 1.49. The molecule has 0 bridgehead atoms. The van der Waals surface area contributed by atoms with Crippen LogP contribution in [-0.2, 0) is 0 Å². The zero-order valence-corrected chi connectivity index (χ0v) is 11.0. The molecule has 2 aromatic rings. The Morgan fingerprint density at radius 2 is 2.19 bits per heavy atom. The molecule has 0 radical (unpaired) electrons. The van der Waals surface area contributed by atoms with Gasteiger partial charge in [0.1, 0.15) is 11.6 Å². The summed E-state index contributed by atoms with van der Waals surface area (Å²) in [5.74, 6) is 1.46. The Kier molecular flexibility index (Phi) is 3.46. The lowest BCUT2D eigenvalue weighted by molar-refractivity contribution is -0.384. The van der Waals surface area contributed by atoms with Crippen LogP contribution in [0.25, 0.3) is 0 Å². The Balaban J connectivity index is 1.91. The minimum absolute atomic E-state index is 0.0266.